The van der Waals surface area contributed by atoms with E-state index in [1.54, 1.807) is 7.11 Å². The Morgan fingerprint density at radius 1 is 1.40 bits per heavy atom. The highest BCUT2D eigenvalue weighted by Crippen LogP contribution is 2.30. The molecule has 0 aromatic heterocycles. The first-order valence-corrected chi connectivity index (χ1v) is 7.84. The molecule has 3 N–H and O–H groups in total. The van der Waals surface area contributed by atoms with E-state index in [4.69, 9.17) is 15.2 Å². The number of nitrogens with two attached hydrogens (primary N) is 1. The van der Waals surface area contributed by atoms with Gasteiger partial charge < -0.3 is 20.5 Å². The molecule has 0 bridgehead atoms. The Bertz CT molecular complexity index is 278. The highest BCUT2D eigenvalue weighted by atomic mass is 16.5. The molecule has 0 heterocycles. The average Bonchev–Trinajstić information content (AvgIpc) is 2.91. The van der Waals surface area contributed by atoms with Crippen molar-refractivity contribution in [1.29, 1.82) is 0 Å². The van der Waals surface area contributed by atoms with Gasteiger partial charge in [0.1, 0.15) is 0 Å². The third-order valence-electron chi connectivity index (χ3n) is 3.81. The Morgan fingerprint density at radius 2 is 2.10 bits per heavy atom. The highest BCUT2D eigenvalue weighted by Gasteiger charge is 2.24. The Labute approximate surface area is 123 Å². The molecule has 0 aromatic rings. The Hall–Kier alpha value is -0.810. The summed E-state index contributed by atoms with van der Waals surface area (Å²) in [4.78, 5) is 4.39. The van der Waals surface area contributed by atoms with Crippen molar-refractivity contribution in [3.05, 3.63) is 0 Å². The molecule has 0 aromatic carbocycles. The van der Waals surface area contributed by atoms with Crippen LogP contribution in [0.25, 0.3) is 0 Å². The molecule has 1 rings (SSSR count). The van der Waals surface area contributed by atoms with Crippen LogP contribution in [0.3, 0.4) is 0 Å². The zero-order valence-corrected chi connectivity index (χ0v) is 13.2. The van der Waals surface area contributed by atoms with E-state index in [9.17, 15) is 0 Å². The number of nitrogens with zero attached hydrogens (tertiary/aromatic N) is 1. The van der Waals surface area contributed by atoms with E-state index in [2.05, 4.69) is 17.2 Å². The molecule has 2 unspecified atom stereocenters. The molecule has 20 heavy (non-hydrogen) atoms. The van der Waals surface area contributed by atoms with Crippen LogP contribution < -0.4 is 11.1 Å². The van der Waals surface area contributed by atoms with Crippen molar-refractivity contribution in [2.45, 2.75) is 58.1 Å². The maximum absolute atomic E-state index is 5.88. The van der Waals surface area contributed by atoms with Gasteiger partial charge in [-0.3, -0.25) is 4.99 Å². The van der Waals surface area contributed by atoms with E-state index in [1.807, 2.05) is 6.92 Å². The van der Waals surface area contributed by atoms with Crippen LogP contribution in [0.2, 0.25) is 0 Å². The summed E-state index contributed by atoms with van der Waals surface area (Å²) in [5.41, 5.74) is 5.86. The summed E-state index contributed by atoms with van der Waals surface area (Å²) < 4.78 is 10.9. The number of methoxy groups -OCH3 is 1. The molecule has 5 heteroatoms. The van der Waals surface area contributed by atoms with Crippen LogP contribution in [0.4, 0.5) is 0 Å². The second-order valence-corrected chi connectivity index (χ2v) is 5.59. The van der Waals surface area contributed by atoms with Crippen LogP contribution >= 0.6 is 0 Å². The number of hydrogen-bond donors (Lipinski definition) is 2. The largest absolute Gasteiger partial charge is 0.383 e. The molecule has 0 spiro atoms. The van der Waals surface area contributed by atoms with Crippen LogP contribution in [0.5, 0.6) is 0 Å². The minimum atomic E-state index is 0.182. The molecule has 1 aliphatic carbocycles. The Balaban J connectivity index is 2.30. The Morgan fingerprint density at radius 3 is 2.70 bits per heavy atom. The molecule has 118 valence electrons. The molecular weight excluding hydrogens is 254 g/mol. The smallest absolute Gasteiger partial charge is 0.188 e. The quantitative estimate of drug-likeness (QED) is 0.501. The second kappa shape index (κ2) is 10.00. The van der Waals surface area contributed by atoms with Gasteiger partial charge in [-0.25, -0.2) is 0 Å². The lowest BCUT2D eigenvalue weighted by atomic mass is 9.98. The summed E-state index contributed by atoms with van der Waals surface area (Å²) in [5.74, 6) is 1.21. The van der Waals surface area contributed by atoms with Crippen LogP contribution in [0.1, 0.15) is 46.0 Å². The van der Waals surface area contributed by atoms with E-state index < -0.39 is 0 Å². The summed E-state index contributed by atoms with van der Waals surface area (Å²) in [6.07, 6.45) is 6.58. The van der Waals surface area contributed by atoms with E-state index >= 15 is 0 Å². The predicted molar refractivity (Wildman–Crippen MR) is 83.0 cm³/mol. The molecule has 2 atom stereocenters. The van der Waals surface area contributed by atoms with Gasteiger partial charge in [-0.2, -0.15) is 0 Å². The van der Waals surface area contributed by atoms with Gasteiger partial charge in [0.2, 0.25) is 0 Å². The van der Waals surface area contributed by atoms with Crippen molar-refractivity contribution in [1.82, 2.24) is 5.32 Å². The molecule has 0 radical (unpaired) electrons. The zero-order valence-electron chi connectivity index (χ0n) is 13.2. The van der Waals surface area contributed by atoms with Crippen molar-refractivity contribution >= 4 is 5.96 Å². The fourth-order valence-electron chi connectivity index (χ4n) is 2.90. The summed E-state index contributed by atoms with van der Waals surface area (Å²) >= 11 is 0. The van der Waals surface area contributed by atoms with Gasteiger partial charge in [0.05, 0.1) is 12.7 Å². The van der Waals surface area contributed by atoms with E-state index in [0.29, 0.717) is 24.6 Å². The number of rotatable bonds is 9. The van der Waals surface area contributed by atoms with Gasteiger partial charge in [0.15, 0.2) is 5.96 Å². The molecule has 1 aliphatic rings. The van der Waals surface area contributed by atoms with Crippen molar-refractivity contribution in [2.24, 2.45) is 16.6 Å². The van der Waals surface area contributed by atoms with Crippen molar-refractivity contribution in [3.8, 4) is 0 Å². The third-order valence-corrected chi connectivity index (χ3v) is 3.81. The minimum absolute atomic E-state index is 0.182. The fraction of sp³-hybridized carbons (Fsp3) is 0.933. The maximum atomic E-state index is 5.88. The van der Waals surface area contributed by atoms with Crippen LogP contribution in [0, 0.1) is 5.92 Å². The average molecular weight is 285 g/mol. The third kappa shape index (κ3) is 6.57. The SMILES string of the molecule is CCOC(CCN=C(N)NC(C)COC)C1CCCC1. The minimum Gasteiger partial charge on any atom is -0.383 e. The standard InChI is InChI=1S/C15H31N3O2/c1-4-20-14(13-7-5-6-8-13)9-10-17-15(16)18-12(2)11-19-3/h12-14H,4-11H2,1-3H3,(H3,16,17,18). The normalized spacial score (nSPS) is 20.1. The summed E-state index contributed by atoms with van der Waals surface area (Å²) in [6, 6.07) is 0.182. The van der Waals surface area contributed by atoms with E-state index in [-0.39, 0.29) is 6.04 Å². The van der Waals surface area contributed by atoms with E-state index in [1.165, 1.54) is 25.7 Å². The lowest BCUT2D eigenvalue weighted by Gasteiger charge is -2.22. The van der Waals surface area contributed by atoms with Gasteiger partial charge in [0, 0.05) is 26.3 Å². The van der Waals surface area contributed by atoms with Crippen molar-refractivity contribution < 1.29 is 9.47 Å². The first-order valence-electron chi connectivity index (χ1n) is 7.84. The molecular formula is C15H31N3O2. The summed E-state index contributed by atoms with van der Waals surface area (Å²) in [5, 5.41) is 3.12. The molecule has 0 amide bonds. The number of guanidine groups is 1. The molecule has 0 aliphatic heterocycles. The maximum Gasteiger partial charge on any atom is 0.188 e. The van der Waals surface area contributed by atoms with Crippen molar-refractivity contribution in [2.75, 3.05) is 26.9 Å². The summed E-state index contributed by atoms with van der Waals surface area (Å²) in [6.45, 7) is 6.21. The number of ether oxygens (including phenoxy) is 2. The summed E-state index contributed by atoms with van der Waals surface area (Å²) in [7, 11) is 1.68. The molecule has 5 nitrogen and oxygen atoms in total. The van der Waals surface area contributed by atoms with Crippen LogP contribution in [-0.4, -0.2) is 45.0 Å². The second-order valence-electron chi connectivity index (χ2n) is 5.59. The monoisotopic (exact) mass is 285 g/mol. The topological polar surface area (TPSA) is 68.9 Å². The van der Waals surface area contributed by atoms with Crippen LogP contribution in [0.15, 0.2) is 4.99 Å². The lowest BCUT2D eigenvalue weighted by Crippen LogP contribution is -2.40. The number of nitrogens with one attached hydrogen (secondary N) is 1. The van der Waals surface area contributed by atoms with Gasteiger partial charge in [-0.1, -0.05) is 12.8 Å². The van der Waals surface area contributed by atoms with Gasteiger partial charge in [-0.05, 0) is 39.0 Å². The van der Waals surface area contributed by atoms with Gasteiger partial charge in [-0.15, -0.1) is 0 Å². The molecule has 0 saturated heterocycles. The predicted octanol–water partition coefficient (Wildman–Crippen LogP) is 1.91. The fourth-order valence-corrected chi connectivity index (χ4v) is 2.90. The Kier molecular flexibility index (Phi) is 8.62. The number of hydrogen-bond acceptors (Lipinski definition) is 3. The van der Waals surface area contributed by atoms with E-state index in [0.717, 1.165) is 19.6 Å². The number of aliphatic imine (C=N–C) groups is 1. The zero-order chi connectivity index (χ0) is 14.8. The first-order chi connectivity index (χ1) is 9.67. The molecule has 1 fully saturated rings. The van der Waals surface area contributed by atoms with Gasteiger partial charge >= 0.3 is 0 Å². The first kappa shape index (κ1) is 17.2. The molecule has 1 saturated carbocycles. The van der Waals surface area contributed by atoms with Gasteiger partial charge in [0.25, 0.3) is 0 Å². The van der Waals surface area contributed by atoms with Crippen LogP contribution in [-0.2, 0) is 9.47 Å². The van der Waals surface area contributed by atoms with Crippen molar-refractivity contribution in [3.63, 3.8) is 0 Å². The highest BCUT2D eigenvalue weighted by molar-refractivity contribution is 5.78. The lowest BCUT2D eigenvalue weighted by molar-refractivity contribution is 0.0177.